The van der Waals surface area contributed by atoms with Crippen molar-refractivity contribution in [3.63, 3.8) is 0 Å². The van der Waals surface area contributed by atoms with Gasteiger partial charge in [-0.3, -0.25) is 14.2 Å². The van der Waals surface area contributed by atoms with E-state index in [-0.39, 0.29) is 18.0 Å². The Morgan fingerprint density at radius 3 is 3.05 bits per heavy atom. The minimum atomic E-state index is -0.294. The number of nitrogens with one attached hydrogen (secondary N) is 1. The van der Waals surface area contributed by atoms with Gasteiger partial charge >= 0.3 is 0 Å². The van der Waals surface area contributed by atoms with E-state index in [0.29, 0.717) is 15.3 Å². The first-order valence-electron chi connectivity index (χ1n) is 5.78. The third-order valence-electron chi connectivity index (χ3n) is 2.63. The highest BCUT2D eigenvalue weighted by Crippen LogP contribution is 2.16. The lowest BCUT2D eigenvalue weighted by Gasteiger charge is -2.04. The minimum Gasteiger partial charge on any atom is -0.300 e. The highest BCUT2D eigenvalue weighted by atomic mass is 32.1. The van der Waals surface area contributed by atoms with Crippen LogP contribution in [0.5, 0.6) is 0 Å². The second kappa shape index (κ2) is 5.14. The molecular formula is C12H10N4O2S2. The predicted molar refractivity (Wildman–Crippen MR) is 79.4 cm³/mol. The number of rotatable bonds is 3. The molecule has 8 heteroatoms. The summed E-state index contributed by atoms with van der Waals surface area (Å²) in [6, 6.07) is 1.72. The lowest BCUT2D eigenvalue weighted by molar-refractivity contribution is -0.116. The van der Waals surface area contributed by atoms with Crippen LogP contribution in [-0.4, -0.2) is 20.4 Å². The van der Waals surface area contributed by atoms with Gasteiger partial charge in [0.2, 0.25) is 5.91 Å². The molecule has 0 aliphatic heterocycles. The van der Waals surface area contributed by atoms with Crippen molar-refractivity contribution in [1.29, 1.82) is 0 Å². The third kappa shape index (κ3) is 2.47. The van der Waals surface area contributed by atoms with Gasteiger partial charge in [0.1, 0.15) is 11.4 Å². The maximum Gasteiger partial charge on any atom is 0.262 e. The van der Waals surface area contributed by atoms with E-state index in [0.717, 1.165) is 4.88 Å². The Morgan fingerprint density at radius 2 is 2.30 bits per heavy atom. The minimum absolute atomic E-state index is 0.0732. The van der Waals surface area contributed by atoms with Crippen LogP contribution in [0.4, 0.5) is 5.13 Å². The van der Waals surface area contributed by atoms with Crippen molar-refractivity contribution in [3.8, 4) is 0 Å². The van der Waals surface area contributed by atoms with Gasteiger partial charge in [0.05, 0.1) is 11.7 Å². The number of hydrogen-bond donors (Lipinski definition) is 1. The first kappa shape index (κ1) is 12.9. The van der Waals surface area contributed by atoms with Crippen LogP contribution in [0.25, 0.3) is 10.2 Å². The van der Waals surface area contributed by atoms with E-state index in [4.69, 9.17) is 0 Å². The van der Waals surface area contributed by atoms with Crippen LogP contribution < -0.4 is 10.9 Å². The summed E-state index contributed by atoms with van der Waals surface area (Å²) in [6.07, 6.45) is 3.08. The van der Waals surface area contributed by atoms with Crippen LogP contribution in [0.15, 0.2) is 28.8 Å². The number of aryl methyl sites for hydroxylation is 1. The van der Waals surface area contributed by atoms with Crippen molar-refractivity contribution in [2.75, 3.05) is 5.32 Å². The summed E-state index contributed by atoms with van der Waals surface area (Å²) in [5.41, 5.74) is -0.207. The van der Waals surface area contributed by atoms with E-state index in [1.54, 1.807) is 12.3 Å². The molecule has 3 heterocycles. The number of aromatic nitrogens is 3. The molecule has 1 N–H and O–H groups in total. The second-order valence-electron chi connectivity index (χ2n) is 4.14. The number of anilines is 1. The first-order valence-corrected chi connectivity index (χ1v) is 7.48. The molecule has 20 heavy (non-hydrogen) atoms. The smallest absolute Gasteiger partial charge is 0.262 e. The number of hydrogen-bond acceptors (Lipinski definition) is 6. The Hall–Kier alpha value is -2.06. The van der Waals surface area contributed by atoms with E-state index in [1.165, 1.54) is 33.6 Å². The molecule has 0 fully saturated rings. The molecule has 0 aromatic carbocycles. The third-order valence-corrected chi connectivity index (χ3v) is 4.28. The predicted octanol–water partition coefficient (Wildman–Crippen LogP) is 1.86. The van der Waals surface area contributed by atoms with Gasteiger partial charge in [-0.15, -0.1) is 22.7 Å². The molecule has 0 atom stereocenters. The molecule has 0 spiro atoms. The monoisotopic (exact) mass is 306 g/mol. The zero-order valence-electron chi connectivity index (χ0n) is 10.5. The first-order chi connectivity index (χ1) is 9.63. The van der Waals surface area contributed by atoms with Crippen LogP contribution in [0, 0.1) is 6.92 Å². The summed E-state index contributed by atoms with van der Waals surface area (Å²) >= 11 is 2.79. The number of nitrogens with zero attached hydrogens (tertiary/aromatic N) is 3. The maximum absolute atomic E-state index is 12.1. The molecule has 3 aromatic rings. The molecule has 0 saturated heterocycles. The lowest BCUT2D eigenvalue weighted by Crippen LogP contribution is -2.27. The number of carbonyl (C=O) groups excluding carboxylic acids is 1. The van der Waals surface area contributed by atoms with E-state index in [9.17, 15) is 9.59 Å². The summed E-state index contributed by atoms with van der Waals surface area (Å²) in [5.74, 6) is -0.294. The van der Waals surface area contributed by atoms with Crippen LogP contribution >= 0.6 is 22.7 Å². The molecule has 6 nitrogen and oxygen atoms in total. The summed E-state index contributed by atoms with van der Waals surface area (Å²) < 4.78 is 1.30. The largest absolute Gasteiger partial charge is 0.300 e. The molecular weight excluding hydrogens is 296 g/mol. The summed E-state index contributed by atoms with van der Waals surface area (Å²) in [5, 5.41) is 5.54. The lowest BCUT2D eigenvalue weighted by atomic mass is 10.4. The summed E-state index contributed by atoms with van der Waals surface area (Å²) in [4.78, 5) is 33.9. The molecule has 0 bridgehead atoms. The SMILES string of the molecule is Cc1cnc(NC(=O)Cn2cnc3sccc3c2=O)s1. The Labute approximate surface area is 121 Å². The van der Waals surface area contributed by atoms with Crippen LogP contribution in [0.3, 0.4) is 0 Å². The zero-order chi connectivity index (χ0) is 14.1. The van der Waals surface area contributed by atoms with Gasteiger partial charge in [0, 0.05) is 11.1 Å². The molecule has 102 valence electrons. The van der Waals surface area contributed by atoms with Crippen LogP contribution in [0.2, 0.25) is 0 Å². The molecule has 3 aromatic heterocycles. The zero-order valence-corrected chi connectivity index (χ0v) is 12.1. The van der Waals surface area contributed by atoms with Crippen molar-refractivity contribution in [2.24, 2.45) is 0 Å². The standard InChI is InChI=1S/C12H10N4O2S2/c1-7-4-13-12(20-7)15-9(17)5-16-6-14-10-8(11(16)18)2-3-19-10/h2-4,6H,5H2,1H3,(H,13,15,17). The van der Waals surface area contributed by atoms with Crippen LogP contribution in [0.1, 0.15) is 4.88 Å². The molecule has 0 unspecified atom stereocenters. The number of amides is 1. The van der Waals surface area contributed by atoms with Gasteiger partial charge < -0.3 is 5.32 Å². The van der Waals surface area contributed by atoms with Gasteiger partial charge in [-0.2, -0.15) is 0 Å². The molecule has 1 amide bonds. The average molecular weight is 306 g/mol. The highest BCUT2D eigenvalue weighted by molar-refractivity contribution is 7.16. The summed E-state index contributed by atoms with van der Waals surface area (Å²) in [6.45, 7) is 1.84. The average Bonchev–Trinajstić information content (AvgIpc) is 3.02. The number of carbonyl (C=O) groups is 1. The normalized spacial score (nSPS) is 10.8. The van der Waals surface area contributed by atoms with Gasteiger partial charge in [-0.05, 0) is 18.4 Å². The van der Waals surface area contributed by atoms with E-state index in [2.05, 4.69) is 15.3 Å². The van der Waals surface area contributed by atoms with E-state index >= 15 is 0 Å². The van der Waals surface area contributed by atoms with Gasteiger partial charge in [0.25, 0.3) is 5.56 Å². The molecule has 3 rings (SSSR count). The Kier molecular flexibility index (Phi) is 3.33. The molecule has 0 aliphatic carbocycles. The summed E-state index contributed by atoms with van der Waals surface area (Å²) in [7, 11) is 0. The number of thiazole rings is 1. The second-order valence-corrected chi connectivity index (χ2v) is 6.27. The fourth-order valence-electron chi connectivity index (χ4n) is 1.73. The molecule has 0 aliphatic rings. The van der Waals surface area contributed by atoms with Gasteiger partial charge in [-0.1, -0.05) is 0 Å². The quantitative estimate of drug-likeness (QED) is 0.801. The highest BCUT2D eigenvalue weighted by Gasteiger charge is 2.10. The van der Waals surface area contributed by atoms with Crippen molar-refractivity contribution >= 4 is 43.9 Å². The van der Waals surface area contributed by atoms with E-state index in [1.807, 2.05) is 12.3 Å². The van der Waals surface area contributed by atoms with E-state index < -0.39 is 0 Å². The van der Waals surface area contributed by atoms with Crippen molar-refractivity contribution in [3.05, 3.63) is 39.2 Å². The number of thiophene rings is 1. The fraction of sp³-hybridized carbons (Fsp3) is 0.167. The van der Waals surface area contributed by atoms with Gasteiger partial charge in [-0.25, -0.2) is 9.97 Å². The fourth-order valence-corrected chi connectivity index (χ4v) is 3.14. The van der Waals surface area contributed by atoms with Crippen LogP contribution in [-0.2, 0) is 11.3 Å². The molecule has 0 radical (unpaired) electrons. The maximum atomic E-state index is 12.1. The topological polar surface area (TPSA) is 76.9 Å². The Balaban J connectivity index is 1.80. The van der Waals surface area contributed by atoms with Crippen molar-refractivity contribution < 1.29 is 4.79 Å². The Morgan fingerprint density at radius 1 is 1.45 bits per heavy atom. The van der Waals surface area contributed by atoms with Gasteiger partial charge in [0.15, 0.2) is 5.13 Å². The van der Waals surface area contributed by atoms with Crippen molar-refractivity contribution in [2.45, 2.75) is 13.5 Å². The number of fused-ring (bicyclic) bond motifs is 1. The van der Waals surface area contributed by atoms with Crippen molar-refractivity contribution in [1.82, 2.24) is 14.5 Å². The molecule has 0 saturated carbocycles. The Bertz CT molecular complexity index is 833.